The van der Waals surface area contributed by atoms with E-state index in [1.165, 1.54) is 23.9 Å². The van der Waals surface area contributed by atoms with Gasteiger partial charge in [-0.3, -0.25) is 14.2 Å². The topological polar surface area (TPSA) is 73.2 Å². The van der Waals surface area contributed by atoms with Crippen LogP contribution in [0.5, 0.6) is 5.75 Å². The maximum atomic E-state index is 13.0. The molecule has 0 saturated heterocycles. The van der Waals surface area contributed by atoms with Crippen LogP contribution in [0, 0.1) is 0 Å². The number of alkyl halides is 2. The third-order valence-electron chi connectivity index (χ3n) is 5.07. The summed E-state index contributed by atoms with van der Waals surface area (Å²) in [6.07, 6.45) is 0. The van der Waals surface area contributed by atoms with Crippen LogP contribution >= 0.6 is 11.8 Å². The van der Waals surface area contributed by atoms with Gasteiger partial charge in [0.15, 0.2) is 5.16 Å². The number of fused-ring (bicyclic) bond motifs is 2. The number of hydrogen-bond acceptors (Lipinski definition) is 5. The number of amides is 1. The van der Waals surface area contributed by atoms with Crippen LogP contribution in [-0.4, -0.2) is 27.8 Å². The molecule has 0 fully saturated rings. The molecule has 0 bridgehead atoms. The first-order valence-electron chi connectivity index (χ1n) is 10.3. The van der Waals surface area contributed by atoms with Gasteiger partial charge in [-0.1, -0.05) is 48.2 Å². The molecule has 3 aromatic carbocycles. The first kappa shape index (κ1) is 22.7. The molecule has 6 nitrogen and oxygen atoms in total. The molecule has 0 radical (unpaired) electrons. The fraction of sp³-hybridized carbons (Fsp3) is 0.208. The summed E-state index contributed by atoms with van der Waals surface area (Å²) in [6.45, 7) is -0.338. The number of rotatable bonds is 8. The lowest BCUT2D eigenvalue weighted by molar-refractivity contribution is -0.118. The van der Waals surface area contributed by atoms with Gasteiger partial charge in [0.2, 0.25) is 5.91 Å². The first-order valence-corrected chi connectivity index (χ1v) is 11.3. The van der Waals surface area contributed by atoms with Crippen LogP contribution in [0.15, 0.2) is 70.6 Å². The molecule has 0 unspecified atom stereocenters. The lowest BCUT2D eigenvalue weighted by Gasteiger charge is -2.12. The average Bonchev–Trinajstić information content (AvgIpc) is 2.81. The Morgan fingerprint density at radius 2 is 1.82 bits per heavy atom. The third kappa shape index (κ3) is 5.31. The minimum atomic E-state index is -2.88. The minimum absolute atomic E-state index is 0.0586. The second-order valence-corrected chi connectivity index (χ2v) is 8.19. The Hall–Kier alpha value is -3.46. The van der Waals surface area contributed by atoms with Gasteiger partial charge in [-0.05, 0) is 47.5 Å². The molecule has 0 spiro atoms. The normalized spacial score (nSPS) is 11.3. The summed E-state index contributed by atoms with van der Waals surface area (Å²) in [6, 6.07) is 17.6. The van der Waals surface area contributed by atoms with Gasteiger partial charge in [0.05, 0.1) is 16.7 Å². The van der Waals surface area contributed by atoms with Crippen LogP contribution in [0.3, 0.4) is 0 Å². The molecule has 9 heteroatoms. The third-order valence-corrected chi connectivity index (χ3v) is 6.05. The van der Waals surface area contributed by atoms with Gasteiger partial charge in [0.25, 0.3) is 5.56 Å². The summed E-state index contributed by atoms with van der Waals surface area (Å²) in [5.74, 6) is -0.0929. The van der Waals surface area contributed by atoms with Crippen molar-refractivity contribution in [1.29, 1.82) is 0 Å². The molecule has 33 heavy (non-hydrogen) atoms. The second kappa shape index (κ2) is 9.99. The molecule has 0 aliphatic carbocycles. The van der Waals surface area contributed by atoms with E-state index in [0.717, 1.165) is 16.3 Å². The molecule has 0 atom stereocenters. The summed E-state index contributed by atoms with van der Waals surface area (Å²) in [5.41, 5.74) is 1.20. The number of aromatic nitrogens is 2. The molecule has 170 valence electrons. The van der Waals surface area contributed by atoms with Crippen molar-refractivity contribution in [2.24, 2.45) is 0 Å². The van der Waals surface area contributed by atoms with Crippen molar-refractivity contribution in [1.82, 2.24) is 14.9 Å². The zero-order valence-electron chi connectivity index (χ0n) is 17.8. The van der Waals surface area contributed by atoms with Crippen molar-refractivity contribution in [3.8, 4) is 5.75 Å². The number of ether oxygens (including phenoxy) is 1. The average molecular weight is 470 g/mol. The van der Waals surface area contributed by atoms with E-state index >= 15 is 0 Å². The Bertz CT molecular complexity index is 1360. The van der Waals surface area contributed by atoms with Crippen LogP contribution in [0.1, 0.15) is 12.5 Å². The highest BCUT2D eigenvalue weighted by Gasteiger charge is 2.13. The summed E-state index contributed by atoms with van der Waals surface area (Å²) in [4.78, 5) is 30.0. The van der Waals surface area contributed by atoms with Crippen LogP contribution in [0.4, 0.5) is 8.78 Å². The minimum Gasteiger partial charge on any atom is -0.435 e. The van der Waals surface area contributed by atoms with Gasteiger partial charge >= 0.3 is 6.61 Å². The molecule has 1 N–H and O–H groups in total. The van der Waals surface area contributed by atoms with E-state index in [2.05, 4.69) is 15.0 Å². The van der Waals surface area contributed by atoms with Crippen molar-refractivity contribution in [2.75, 3.05) is 5.75 Å². The lowest BCUT2D eigenvalue weighted by Crippen LogP contribution is -2.26. The van der Waals surface area contributed by atoms with Crippen LogP contribution in [0.2, 0.25) is 0 Å². The van der Waals surface area contributed by atoms with E-state index in [-0.39, 0.29) is 29.5 Å². The number of carbonyl (C=O) groups excluding carboxylic acids is 1. The van der Waals surface area contributed by atoms with Crippen LogP contribution < -0.4 is 15.6 Å². The maximum absolute atomic E-state index is 13.0. The van der Waals surface area contributed by atoms with Crippen molar-refractivity contribution in [3.63, 3.8) is 0 Å². The van der Waals surface area contributed by atoms with E-state index in [4.69, 9.17) is 0 Å². The number of halogens is 2. The predicted octanol–water partition coefficient (Wildman–Crippen LogP) is 4.58. The van der Waals surface area contributed by atoms with Crippen molar-refractivity contribution in [3.05, 3.63) is 76.6 Å². The number of nitrogens with zero attached hydrogens (tertiary/aromatic N) is 2. The van der Waals surface area contributed by atoms with E-state index in [1.807, 2.05) is 43.3 Å². The Kier molecular flexibility index (Phi) is 6.88. The lowest BCUT2D eigenvalue weighted by atomic mass is 10.1. The van der Waals surface area contributed by atoms with E-state index in [1.54, 1.807) is 16.7 Å². The number of thioether (sulfide) groups is 1. The monoisotopic (exact) mass is 469 g/mol. The van der Waals surface area contributed by atoms with Crippen molar-refractivity contribution < 1.29 is 18.3 Å². The summed E-state index contributed by atoms with van der Waals surface area (Å²) in [7, 11) is 0. The number of hydrogen-bond donors (Lipinski definition) is 1. The zero-order chi connectivity index (χ0) is 23.4. The highest BCUT2D eigenvalue weighted by Crippen LogP contribution is 2.23. The van der Waals surface area contributed by atoms with Gasteiger partial charge < -0.3 is 10.1 Å². The van der Waals surface area contributed by atoms with Gasteiger partial charge in [0, 0.05) is 13.1 Å². The summed E-state index contributed by atoms with van der Waals surface area (Å²) >= 11 is 1.20. The summed E-state index contributed by atoms with van der Waals surface area (Å²) in [5, 5.41) is 5.77. The Balaban J connectivity index is 1.45. The Labute approximate surface area is 192 Å². The largest absolute Gasteiger partial charge is 0.435 e. The fourth-order valence-corrected chi connectivity index (χ4v) is 4.34. The summed E-state index contributed by atoms with van der Waals surface area (Å²) < 4.78 is 30.3. The molecule has 0 saturated carbocycles. The van der Waals surface area contributed by atoms with E-state index < -0.39 is 6.61 Å². The standard InChI is InChI=1S/C24H21F2N3O3S/c1-2-29-22(31)19-11-16-5-3-4-6-17(16)12-20(19)28-24(29)33-14-21(30)27-13-15-7-9-18(10-8-15)32-23(25)26/h3-12,23H,2,13-14H2,1H3,(H,27,30). The quantitative estimate of drug-likeness (QED) is 0.232. The molecule has 0 aliphatic rings. The fourth-order valence-electron chi connectivity index (χ4n) is 3.45. The van der Waals surface area contributed by atoms with E-state index in [0.29, 0.717) is 22.6 Å². The maximum Gasteiger partial charge on any atom is 0.387 e. The molecular weight excluding hydrogens is 448 g/mol. The molecule has 1 heterocycles. The second-order valence-electron chi connectivity index (χ2n) is 7.25. The highest BCUT2D eigenvalue weighted by atomic mass is 32.2. The van der Waals surface area contributed by atoms with Gasteiger partial charge in [-0.2, -0.15) is 8.78 Å². The molecule has 4 aromatic rings. The molecule has 4 rings (SSSR count). The zero-order valence-corrected chi connectivity index (χ0v) is 18.6. The van der Waals surface area contributed by atoms with Gasteiger partial charge in [-0.25, -0.2) is 4.98 Å². The predicted molar refractivity (Wildman–Crippen MR) is 125 cm³/mol. The molecule has 1 aromatic heterocycles. The number of benzene rings is 3. The van der Waals surface area contributed by atoms with Crippen molar-refractivity contribution in [2.45, 2.75) is 31.8 Å². The van der Waals surface area contributed by atoms with Gasteiger partial charge in [0.1, 0.15) is 5.75 Å². The van der Waals surface area contributed by atoms with Crippen molar-refractivity contribution >= 4 is 39.3 Å². The smallest absolute Gasteiger partial charge is 0.387 e. The molecule has 0 aliphatic heterocycles. The number of carbonyl (C=O) groups is 1. The van der Waals surface area contributed by atoms with E-state index in [9.17, 15) is 18.4 Å². The Morgan fingerprint density at radius 3 is 2.48 bits per heavy atom. The first-order chi connectivity index (χ1) is 15.9. The molecule has 1 amide bonds. The number of nitrogens with one attached hydrogen (secondary N) is 1. The highest BCUT2D eigenvalue weighted by molar-refractivity contribution is 7.99. The van der Waals surface area contributed by atoms with Crippen LogP contribution in [0.25, 0.3) is 21.7 Å². The molecular formula is C24H21F2N3O3S. The van der Waals surface area contributed by atoms with Crippen LogP contribution in [-0.2, 0) is 17.9 Å². The SMILES string of the molecule is CCn1c(SCC(=O)NCc2ccc(OC(F)F)cc2)nc2cc3ccccc3cc2c1=O. The Morgan fingerprint density at radius 1 is 1.12 bits per heavy atom. The van der Waals surface area contributed by atoms with Gasteiger partial charge in [-0.15, -0.1) is 0 Å².